The third-order valence-corrected chi connectivity index (χ3v) is 5.66. The van der Waals surface area contributed by atoms with E-state index < -0.39 is 0 Å². The average Bonchev–Trinajstić information content (AvgIpc) is 3.69. The van der Waals surface area contributed by atoms with Gasteiger partial charge in [0.2, 0.25) is 0 Å². The molecule has 0 spiro atoms. The second-order valence-electron chi connectivity index (χ2n) is 7.98. The van der Waals surface area contributed by atoms with E-state index in [9.17, 15) is 0 Å². The van der Waals surface area contributed by atoms with Crippen LogP contribution >= 0.6 is 0 Å². The zero-order valence-electron chi connectivity index (χ0n) is 18.8. The minimum atomic E-state index is -0.00834. The van der Waals surface area contributed by atoms with Crippen molar-refractivity contribution in [2.24, 2.45) is 0 Å². The van der Waals surface area contributed by atoms with E-state index in [1.807, 2.05) is 67.8 Å². The molecule has 4 aromatic heterocycles. The maximum absolute atomic E-state index is 4.38. The Morgan fingerprint density at radius 1 is 0.529 bits per heavy atom. The number of hydrogen-bond acceptors (Lipinski definition) is 6. The van der Waals surface area contributed by atoms with E-state index in [0.717, 1.165) is 26.2 Å². The summed E-state index contributed by atoms with van der Waals surface area (Å²) in [6.45, 7) is 2.98. The summed E-state index contributed by atoms with van der Waals surface area (Å²) in [5.74, 6) is 0. The molecule has 0 aliphatic rings. The van der Waals surface area contributed by atoms with E-state index in [1.54, 1.807) is 24.8 Å². The highest BCUT2D eigenvalue weighted by molar-refractivity contribution is 5.22. The normalized spacial score (nSPS) is 11.6. The number of hydrogen-bond donors (Lipinski definition) is 2. The van der Waals surface area contributed by atoms with Gasteiger partial charge in [-0.1, -0.05) is 24.3 Å². The molecule has 0 unspecified atom stereocenters. The van der Waals surface area contributed by atoms with Gasteiger partial charge in [0.25, 0.3) is 0 Å². The third kappa shape index (κ3) is 5.30. The zero-order chi connectivity index (χ0) is 23.0. The van der Waals surface area contributed by atoms with Gasteiger partial charge in [-0.25, -0.2) is 18.7 Å². The summed E-state index contributed by atoms with van der Waals surface area (Å²) in [6.07, 6.45) is 15.0. The van der Waals surface area contributed by atoms with Gasteiger partial charge in [0.15, 0.2) is 12.3 Å². The molecule has 174 valence electrons. The fraction of sp³-hybridized carbons (Fsp3) is 0.250. The molecule has 10 nitrogen and oxygen atoms in total. The Bertz CT molecular complexity index is 1030. The van der Waals surface area contributed by atoms with Gasteiger partial charge in [0.05, 0.1) is 0 Å². The van der Waals surface area contributed by atoms with Crippen molar-refractivity contribution in [2.45, 2.75) is 25.4 Å². The summed E-state index contributed by atoms with van der Waals surface area (Å²) in [4.78, 5) is 0. The summed E-state index contributed by atoms with van der Waals surface area (Å²) < 4.78 is 7.64. The molecule has 0 fully saturated rings. The van der Waals surface area contributed by atoms with E-state index in [1.165, 1.54) is 11.1 Å². The van der Waals surface area contributed by atoms with Crippen LogP contribution in [0.1, 0.15) is 23.5 Å². The van der Waals surface area contributed by atoms with E-state index in [4.69, 9.17) is 0 Å². The summed E-state index contributed by atoms with van der Waals surface area (Å²) in [7, 11) is 0. The van der Waals surface area contributed by atoms with Crippen molar-refractivity contribution in [2.75, 3.05) is 13.1 Å². The van der Waals surface area contributed by atoms with Gasteiger partial charge in [-0.05, 0) is 35.4 Å². The first-order chi connectivity index (χ1) is 16.9. The lowest BCUT2D eigenvalue weighted by atomic mass is 10.1. The topological polar surface area (TPSA) is 95.3 Å². The van der Waals surface area contributed by atoms with Gasteiger partial charge in [-0.3, -0.25) is 0 Å². The van der Waals surface area contributed by atoms with E-state index >= 15 is 0 Å². The molecule has 0 aliphatic carbocycles. The Morgan fingerprint density at radius 2 is 0.853 bits per heavy atom. The quantitative estimate of drug-likeness (QED) is 0.299. The minimum Gasteiger partial charge on any atom is -0.309 e. The van der Waals surface area contributed by atoms with Crippen molar-refractivity contribution in [3.05, 3.63) is 109 Å². The van der Waals surface area contributed by atoms with Crippen LogP contribution in [0.3, 0.4) is 0 Å². The van der Waals surface area contributed by atoms with Crippen molar-refractivity contribution in [1.29, 1.82) is 0 Å². The van der Waals surface area contributed by atoms with Crippen molar-refractivity contribution >= 4 is 0 Å². The maximum atomic E-state index is 4.38. The average molecular weight is 457 g/mol. The van der Waals surface area contributed by atoms with Gasteiger partial charge in [-0.2, -0.15) is 20.4 Å². The molecule has 1 aromatic carbocycles. The number of benzene rings is 1. The van der Waals surface area contributed by atoms with Crippen LogP contribution in [0.5, 0.6) is 0 Å². The molecule has 0 saturated heterocycles. The van der Waals surface area contributed by atoms with Crippen LogP contribution in [0, 0.1) is 0 Å². The molecule has 0 atom stereocenters. The number of aromatic nitrogens is 8. The zero-order valence-corrected chi connectivity index (χ0v) is 18.8. The molecular weight excluding hydrogens is 428 g/mol. The number of nitrogens with zero attached hydrogens (tertiary/aromatic N) is 8. The van der Waals surface area contributed by atoms with Crippen LogP contribution < -0.4 is 10.6 Å². The highest BCUT2D eigenvalue weighted by atomic mass is 15.5. The Labute approximate surface area is 197 Å². The van der Waals surface area contributed by atoms with Crippen molar-refractivity contribution < 1.29 is 0 Å². The van der Waals surface area contributed by atoms with Crippen LogP contribution in [0.15, 0.2) is 98.1 Å². The van der Waals surface area contributed by atoms with Gasteiger partial charge < -0.3 is 10.6 Å². The molecule has 0 bridgehead atoms. The predicted molar refractivity (Wildman–Crippen MR) is 128 cm³/mol. The monoisotopic (exact) mass is 456 g/mol. The molecule has 5 aromatic rings. The van der Waals surface area contributed by atoms with Crippen LogP contribution in [0.25, 0.3) is 0 Å². The second-order valence-corrected chi connectivity index (χ2v) is 7.98. The van der Waals surface area contributed by atoms with E-state index in [-0.39, 0.29) is 12.3 Å². The maximum Gasteiger partial charge on any atom is 0.155 e. The summed E-state index contributed by atoms with van der Waals surface area (Å²) in [6, 6.07) is 16.4. The molecule has 5 rings (SSSR count). The summed E-state index contributed by atoms with van der Waals surface area (Å²) in [5.41, 5.74) is 2.46. The van der Waals surface area contributed by atoms with Crippen molar-refractivity contribution in [3.63, 3.8) is 0 Å². The van der Waals surface area contributed by atoms with Crippen LogP contribution in [0.4, 0.5) is 0 Å². The lowest BCUT2D eigenvalue weighted by molar-refractivity contribution is 0.341. The second kappa shape index (κ2) is 10.7. The van der Waals surface area contributed by atoms with E-state index in [0.29, 0.717) is 0 Å². The molecule has 0 saturated carbocycles. The van der Waals surface area contributed by atoms with Gasteiger partial charge in [0.1, 0.15) is 0 Å². The molecular formula is C24H28N10. The highest BCUT2D eigenvalue weighted by Gasteiger charge is 2.14. The SMILES string of the molecule is c1cnn(C(CNCc2ccc(CNCC(n3cccn3)n3cccn3)cc2)n2cccn2)c1. The Kier molecular flexibility index (Phi) is 6.88. The molecule has 0 amide bonds. The number of rotatable bonds is 12. The molecule has 0 aliphatic heterocycles. The van der Waals surface area contributed by atoms with Crippen molar-refractivity contribution in [3.8, 4) is 0 Å². The lowest BCUT2D eigenvalue weighted by Crippen LogP contribution is -2.31. The summed E-state index contributed by atoms with van der Waals surface area (Å²) >= 11 is 0. The van der Waals surface area contributed by atoms with Crippen LogP contribution in [-0.4, -0.2) is 52.2 Å². The Hall–Kier alpha value is -4.02. The lowest BCUT2D eigenvalue weighted by Gasteiger charge is -2.19. The highest BCUT2D eigenvalue weighted by Crippen LogP contribution is 2.10. The minimum absolute atomic E-state index is 0.00834. The van der Waals surface area contributed by atoms with Crippen LogP contribution in [-0.2, 0) is 13.1 Å². The smallest absolute Gasteiger partial charge is 0.155 e. The molecule has 2 N–H and O–H groups in total. The Morgan fingerprint density at radius 3 is 1.12 bits per heavy atom. The fourth-order valence-electron chi connectivity index (χ4n) is 3.91. The van der Waals surface area contributed by atoms with E-state index in [2.05, 4.69) is 55.3 Å². The first-order valence-corrected chi connectivity index (χ1v) is 11.3. The first-order valence-electron chi connectivity index (χ1n) is 11.3. The largest absolute Gasteiger partial charge is 0.309 e. The summed E-state index contributed by atoms with van der Waals surface area (Å²) in [5, 5.41) is 24.6. The van der Waals surface area contributed by atoms with Gasteiger partial charge >= 0.3 is 0 Å². The standard InChI is InChI=1S/C24H28N10/c1-9-27-31(13-1)23(32-14-2-10-28-32)19-25-17-21-5-7-22(8-6-21)18-26-20-24(33-15-3-11-29-33)34-16-4-12-30-34/h1-16,23-26H,17-20H2. The third-order valence-electron chi connectivity index (χ3n) is 5.66. The van der Waals surface area contributed by atoms with Gasteiger partial charge in [0, 0.05) is 75.8 Å². The van der Waals surface area contributed by atoms with Crippen molar-refractivity contribution in [1.82, 2.24) is 49.8 Å². The molecule has 34 heavy (non-hydrogen) atoms. The molecule has 10 heteroatoms. The number of nitrogens with one attached hydrogen (secondary N) is 2. The first kappa shape index (κ1) is 21.8. The van der Waals surface area contributed by atoms with Crippen LogP contribution in [0.2, 0.25) is 0 Å². The Balaban J connectivity index is 1.12. The molecule has 4 heterocycles. The molecule has 0 radical (unpaired) electrons. The van der Waals surface area contributed by atoms with Gasteiger partial charge in [-0.15, -0.1) is 0 Å². The predicted octanol–water partition coefficient (Wildman–Crippen LogP) is 2.15. The fourth-order valence-corrected chi connectivity index (χ4v) is 3.91.